The Morgan fingerprint density at radius 2 is 1.74 bits per heavy atom. The van der Waals surface area contributed by atoms with Gasteiger partial charge in [-0.05, 0) is 25.0 Å². The van der Waals surface area contributed by atoms with Crippen molar-refractivity contribution in [3.8, 4) is 22.0 Å². The molecule has 5 nitrogen and oxygen atoms in total. The van der Waals surface area contributed by atoms with Crippen LogP contribution in [-0.4, -0.2) is 57.5 Å². The first kappa shape index (κ1) is 20.5. The van der Waals surface area contributed by atoms with Crippen molar-refractivity contribution in [3.05, 3.63) is 54.0 Å². The number of thiazole rings is 1. The van der Waals surface area contributed by atoms with Gasteiger partial charge in [-0.25, -0.2) is 4.98 Å². The summed E-state index contributed by atoms with van der Waals surface area (Å²) >= 11 is 1.63. The lowest BCUT2D eigenvalue weighted by Gasteiger charge is -2.40. The van der Waals surface area contributed by atoms with Gasteiger partial charge in [0.1, 0.15) is 11.6 Å². The molecule has 2 aliphatic rings. The molecule has 3 aromatic rings. The fourth-order valence-electron chi connectivity index (χ4n) is 4.91. The molecule has 6 heteroatoms. The molecule has 1 aliphatic carbocycles. The number of amides is 1. The number of aromatic nitrogens is 2. The number of hydrogen-bond acceptors (Lipinski definition) is 4. The number of hydrogen-bond donors (Lipinski definition) is 0. The van der Waals surface area contributed by atoms with Gasteiger partial charge in [0.05, 0.1) is 11.4 Å². The molecule has 1 amide bonds. The molecule has 1 aliphatic heterocycles. The van der Waals surface area contributed by atoms with Gasteiger partial charge in [0, 0.05) is 49.4 Å². The second kappa shape index (κ2) is 9.37. The number of carbonyl (C=O) groups excluding carboxylic acids is 1. The second-order valence-electron chi connectivity index (χ2n) is 8.63. The van der Waals surface area contributed by atoms with E-state index >= 15 is 0 Å². The van der Waals surface area contributed by atoms with E-state index in [1.165, 1.54) is 32.1 Å². The molecule has 0 atom stereocenters. The van der Waals surface area contributed by atoms with Gasteiger partial charge in [0.15, 0.2) is 0 Å². The van der Waals surface area contributed by atoms with Crippen LogP contribution in [-0.2, 0) is 11.3 Å². The number of rotatable bonds is 5. The predicted molar refractivity (Wildman–Crippen MR) is 126 cm³/mol. The number of benzene rings is 1. The summed E-state index contributed by atoms with van der Waals surface area (Å²) in [5, 5.41) is 3.05. The number of piperazine rings is 1. The van der Waals surface area contributed by atoms with Crippen molar-refractivity contribution in [2.75, 3.05) is 26.2 Å². The minimum absolute atomic E-state index is 0.209. The summed E-state index contributed by atoms with van der Waals surface area (Å²) in [6.45, 7) is 4.11. The van der Waals surface area contributed by atoms with Crippen LogP contribution in [0.25, 0.3) is 22.0 Å². The monoisotopic (exact) mass is 434 g/mol. The lowest BCUT2D eigenvalue weighted by molar-refractivity contribution is -0.134. The zero-order chi connectivity index (χ0) is 21.0. The first-order chi connectivity index (χ1) is 15.3. The summed E-state index contributed by atoms with van der Waals surface area (Å²) in [5.41, 5.74) is 3.12. The van der Waals surface area contributed by atoms with Crippen molar-refractivity contribution in [3.63, 3.8) is 0 Å². The fourth-order valence-corrected chi connectivity index (χ4v) is 5.78. The predicted octanol–water partition coefficient (Wildman–Crippen LogP) is 4.76. The summed E-state index contributed by atoms with van der Waals surface area (Å²) in [7, 11) is 0. The molecule has 2 fully saturated rings. The lowest BCUT2D eigenvalue weighted by atomic mass is 9.94. The van der Waals surface area contributed by atoms with Crippen LogP contribution in [0.2, 0.25) is 0 Å². The first-order valence-corrected chi connectivity index (χ1v) is 12.3. The third-order valence-electron chi connectivity index (χ3n) is 6.69. The van der Waals surface area contributed by atoms with Gasteiger partial charge in [-0.1, -0.05) is 49.6 Å². The van der Waals surface area contributed by atoms with Crippen molar-refractivity contribution in [1.82, 2.24) is 19.4 Å². The van der Waals surface area contributed by atoms with Crippen molar-refractivity contribution in [1.29, 1.82) is 0 Å². The maximum Gasteiger partial charge on any atom is 0.242 e. The average Bonchev–Trinajstić information content (AvgIpc) is 3.50. The normalized spacial score (nSPS) is 18.4. The van der Waals surface area contributed by atoms with E-state index in [1.54, 1.807) is 11.3 Å². The lowest BCUT2D eigenvalue weighted by Crippen LogP contribution is -2.52. The van der Waals surface area contributed by atoms with Crippen LogP contribution >= 0.6 is 11.3 Å². The van der Waals surface area contributed by atoms with E-state index in [-0.39, 0.29) is 5.91 Å². The van der Waals surface area contributed by atoms with Gasteiger partial charge in [-0.15, -0.1) is 11.3 Å². The van der Waals surface area contributed by atoms with Crippen LogP contribution in [0.4, 0.5) is 0 Å². The van der Waals surface area contributed by atoms with Crippen molar-refractivity contribution in [2.24, 2.45) is 0 Å². The van der Waals surface area contributed by atoms with E-state index in [0.717, 1.165) is 54.2 Å². The van der Waals surface area contributed by atoms with E-state index in [9.17, 15) is 4.79 Å². The molecule has 31 heavy (non-hydrogen) atoms. The van der Waals surface area contributed by atoms with Crippen LogP contribution in [0.15, 0.2) is 54.0 Å². The fraction of sp³-hybridized carbons (Fsp3) is 0.440. The average molecular weight is 435 g/mol. The molecular formula is C25H30N4OS. The molecule has 162 valence electrons. The molecule has 0 unspecified atom stereocenters. The highest BCUT2D eigenvalue weighted by atomic mass is 32.1. The van der Waals surface area contributed by atoms with Crippen LogP contribution in [0.1, 0.15) is 32.1 Å². The summed E-state index contributed by atoms with van der Waals surface area (Å²) < 4.78 is 2.05. The third-order valence-corrected chi connectivity index (χ3v) is 7.55. The Kier molecular flexibility index (Phi) is 6.18. The summed E-state index contributed by atoms with van der Waals surface area (Å²) in [6, 6.07) is 15.0. The van der Waals surface area contributed by atoms with E-state index in [1.807, 2.05) is 39.9 Å². The maximum atomic E-state index is 13.0. The first-order valence-electron chi connectivity index (χ1n) is 11.5. The van der Waals surface area contributed by atoms with Gasteiger partial charge in [-0.2, -0.15) is 0 Å². The molecule has 1 saturated carbocycles. The molecule has 2 aromatic heterocycles. The molecule has 1 saturated heterocycles. The Morgan fingerprint density at radius 1 is 0.968 bits per heavy atom. The van der Waals surface area contributed by atoms with E-state index in [4.69, 9.17) is 4.98 Å². The third kappa shape index (κ3) is 4.60. The molecule has 0 radical (unpaired) electrons. The van der Waals surface area contributed by atoms with Crippen molar-refractivity contribution < 1.29 is 4.79 Å². The van der Waals surface area contributed by atoms with Crippen LogP contribution in [0.5, 0.6) is 0 Å². The van der Waals surface area contributed by atoms with Gasteiger partial charge in [-0.3, -0.25) is 9.69 Å². The highest BCUT2D eigenvalue weighted by molar-refractivity contribution is 7.13. The second-order valence-corrected chi connectivity index (χ2v) is 9.49. The molecule has 0 spiro atoms. The van der Waals surface area contributed by atoms with Crippen LogP contribution < -0.4 is 0 Å². The molecule has 5 rings (SSSR count). The molecule has 3 heterocycles. The minimum atomic E-state index is 0.209. The van der Waals surface area contributed by atoms with Gasteiger partial charge in [0.25, 0.3) is 0 Å². The topological polar surface area (TPSA) is 41.4 Å². The van der Waals surface area contributed by atoms with Crippen LogP contribution in [0, 0.1) is 0 Å². The molecular weight excluding hydrogens is 404 g/mol. The smallest absolute Gasteiger partial charge is 0.242 e. The Balaban J connectivity index is 1.22. The van der Waals surface area contributed by atoms with Crippen LogP contribution in [0.3, 0.4) is 0 Å². The molecule has 0 bridgehead atoms. The Bertz CT molecular complexity index is 997. The highest BCUT2D eigenvalue weighted by Crippen LogP contribution is 2.29. The van der Waals surface area contributed by atoms with Crippen molar-refractivity contribution >= 4 is 17.2 Å². The number of carbonyl (C=O) groups is 1. The zero-order valence-corrected chi connectivity index (χ0v) is 18.8. The summed E-state index contributed by atoms with van der Waals surface area (Å²) in [6.07, 6.45) is 8.78. The Labute approximate surface area is 188 Å². The zero-order valence-electron chi connectivity index (χ0n) is 17.9. The van der Waals surface area contributed by atoms with Crippen molar-refractivity contribution in [2.45, 2.75) is 44.7 Å². The standard InChI is InChI=1S/C25H30N4OS/c30-24(28-16-14-27(15-17-28)21-10-5-2-6-11-21)18-29-13-7-12-23(29)25-26-22(19-31-25)20-8-3-1-4-9-20/h1,3-4,7-9,12-13,19,21H,2,5-6,10-11,14-18H2. The van der Waals surface area contributed by atoms with E-state index < -0.39 is 0 Å². The Morgan fingerprint density at radius 3 is 2.52 bits per heavy atom. The van der Waals surface area contributed by atoms with E-state index in [0.29, 0.717) is 6.54 Å². The Hall–Kier alpha value is -2.44. The van der Waals surface area contributed by atoms with Gasteiger partial charge >= 0.3 is 0 Å². The minimum Gasteiger partial charge on any atom is -0.339 e. The quantitative estimate of drug-likeness (QED) is 0.582. The maximum absolute atomic E-state index is 13.0. The summed E-state index contributed by atoms with van der Waals surface area (Å²) in [4.78, 5) is 22.5. The molecule has 1 aromatic carbocycles. The van der Waals surface area contributed by atoms with Gasteiger partial charge < -0.3 is 9.47 Å². The largest absolute Gasteiger partial charge is 0.339 e. The van der Waals surface area contributed by atoms with E-state index in [2.05, 4.69) is 28.5 Å². The highest BCUT2D eigenvalue weighted by Gasteiger charge is 2.27. The summed E-state index contributed by atoms with van der Waals surface area (Å²) in [5.74, 6) is 0.209. The SMILES string of the molecule is O=C(Cn1cccc1-c1nc(-c2ccccc2)cs1)N1CCN(C2CCCCC2)CC1. The molecule has 0 N–H and O–H groups in total. The van der Waals surface area contributed by atoms with Gasteiger partial charge in [0.2, 0.25) is 5.91 Å². The number of nitrogens with zero attached hydrogens (tertiary/aromatic N) is 4.